The molecule has 0 saturated carbocycles. The first kappa shape index (κ1) is 17.8. The van der Waals surface area contributed by atoms with Crippen molar-refractivity contribution >= 4 is 29.2 Å². The van der Waals surface area contributed by atoms with Crippen LogP contribution >= 0.6 is 12.2 Å². The lowest BCUT2D eigenvalue weighted by Crippen LogP contribution is -2.47. The summed E-state index contributed by atoms with van der Waals surface area (Å²) in [5.74, 6) is -0.0440. The first-order valence-corrected chi connectivity index (χ1v) is 9.33. The number of carbonyl (C=O) groups excluding carboxylic acids is 1. The zero-order valence-corrected chi connectivity index (χ0v) is 15.8. The van der Waals surface area contributed by atoms with Gasteiger partial charge in [0.25, 0.3) is 0 Å². The smallest absolute Gasteiger partial charge is 0.250 e. The van der Waals surface area contributed by atoms with Crippen LogP contribution in [-0.4, -0.2) is 54.4 Å². The number of nitrogens with one attached hydrogen (secondary N) is 1. The average molecular weight is 383 g/mol. The number of hydrogen-bond donors (Lipinski definition) is 2. The van der Waals surface area contributed by atoms with Crippen LogP contribution in [0.5, 0.6) is 0 Å². The van der Waals surface area contributed by atoms with Crippen LogP contribution in [0.4, 0.5) is 0 Å². The van der Waals surface area contributed by atoms with Crippen molar-refractivity contribution in [2.75, 3.05) is 13.1 Å². The molecule has 2 aromatic heterocycles. The summed E-state index contributed by atoms with van der Waals surface area (Å²) in [5.41, 5.74) is 0.734. The molecule has 1 aliphatic rings. The second kappa shape index (κ2) is 6.86. The van der Waals surface area contributed by atoms with E-state index in [2.05, 4.69) is 15.2 Å². The third-order valence-corrected chi connectivity index (χ3v) is 5.61. The monoisotopic (exact) mass is 383 g/mol. The second-order valence-corrected chi connectivity index (χ2v) is 7.61. The van der Waals surface area contributed by atoms with Gasteiger partial charge in [0, 0.05) is 13.1 Å². The SMILES string of the molecule is CC1(O)CCN(C(=O)C(c2ccccc2)n2cnc3[nH]ncc3c2=S)CC1. The van der Waals surface area contributed by atoms with Gasteiger partial charge in [-0.15, -0.1) is 0 Å². The summed E-state index contributed by atoms with van der Waals surface area (Å²) < 4.78 is 2.25. The lowest BCUT2D eigenvalue weighted by Gasteiger charge is -2.37. The third-order valence-electron chi connectivity index (χ3n) is 5.18. The standard InChI is InChI=1S/C19H21N5O2S/c1-19(26)7-9-23(10-8-19)17(25)15(13-5-3-2-4-6-13)24-12-20-16-14(18(24)27)11-21-22-16/h2-6,11-12,15,26H,7-10H2,1H3,(H,21,22). The van der Waals surface area contributed by atoms with Gasteiger partial charge in [-0.2, -0.15) is 5.10 Å². The lowest BCUT2D eigenvalue weighted by molar-refractivity contribution is -0.137. The fourth-order valence-corrected chi connectivity index (χ4v) is 3.77. The molecule has 0 aliphatic carbocycles. The summed E-state index contributed by atoms with van der Waals surface area (Å²) in [6, 6.07) is 8.97. The molecule has 7 nitrogen and oxygen atoms in total. The topological polar surface area (TPSA) is 87.0 Å². The van der Waals surface area contributed by atoms with Gasteiger partial charge in [-0.05, 0) is 25.3 Å². The number of aliphatic hydroxyl groups is 1. The van der Waals surface area contributed by atoms with Gasteiger partial charge in [0.2, 0.25) is 5.91 Å². The second-order valence-electron chi connectivity index (χ2n) is 7.22. The predicted molar refractivity (Wildman–Crippen MR) is 104 cm³/mol. The number of aromatic amines is 1. The molecule has 3 aromatic rings. The van der Waals surface area contributed by atoms with Gasteiger partial charge >= 0.3 is 0 Å². The summed E-state index contributed by atoms with van der Waals surface area (Å²) in [5, 5.41) is 17.7. The normalized spacial score (nSPS) is 17.8. The predicted octanol–water partition coefficient (Wildman–Crippen LogP) is 2.45. The highest BCUT2D eigenvalue weighted by molar-refractivity contribution is 7.71. The summed E-state index contributed by atoms with van der Waals surface area (Å²) in [7, 11) is 0. The van der Waals surface area contributed by atoms with Gasteiger partial charge in [0.15, 0.2) is 5.65 Å². The van der Waals surface area contributed by atoms with Gasteiger partial charge in [-0.25, -0.2) is 4.98 Å². The molecule has 2 N–H and O–H groups in total. The minimum absolute atomic E-state index is 0.0440. The van der Waals surface area contributed by atoms with E-state index in [4.69, 9.17) is 12.2 Å². The summed E-state index contributed by atoms with van der Waals surface area (Å²) in [6.45, 7) is 2.85. The number of likely N-dealkylation sites (tertiary alicyclic amines) is 1. The van der Waals surface area contributed by atoms with E-state index in [9.17, 15) is 9.90 Å². The number of H-pyrrole nitrogens is 1. The molecule has 3 heterocycles. The van der Waals surface area contributed by atoms with Crippen molar-refractivity contribution in [2.45, 2.75) is 31.4 Å². The van der Waals surface area contributed by atoms with Gasteiger partial charge < -0.3 is 14.6 Å². The van der Waals surface area contributed by atoms with Gasteiger partial charge in [-0.3, -0.25) is 9.89 Å². The van der Waals surface area contributed by atoms with Crippen molar-refractivity contribution in [3.8, 4) is 0 Å². The van der Waals surface area contributed by atoms with Crippen molar-refractivity contribution in [1.82, 2.24) is 24.6 Å². The molecule has 8 heteroatoms. The first-order chi connectivity index (χ1) is 13.0. The van der Waals surface area contributed by atoms with Gasteiger partial charge in [0.05, 0.1) is 23.5 Å². The van der Waals surface area contributed by atoms with Crippen LogP contribution in [-0.2, 0) is 4.79 Å². The molecule has 27 heavy (non-hydrogen) atoms. The molecule has 1 unspecified atom stereocenters. The van der Waals surface area contributed by atoms with E-state index in [1.54, 1.807) is 22.0 Å². The molecule has 4 rings (SSSR count). The number of amides is 1. The van der Waals surface area contributed by atoms with Gasteiger partial charge in [0.1, 0.15) is 10.7 Å². The van der Waals surface area contributed by atoms with Crippen LogP contribution < -0.4 is 0 Å². The molecular formula is C19H21N5O2S. The maximum absolute atomic E-state index is 13.5. The summed E-state index contributed by atoms with van der Waals surface area (Å²) >= 11 is 5.63. The molecule has 1 atom stereocenters. The maximum Gasteiger partial charge on any atom is 0.250 e. The Bertz CT molecular complexity index is 1020. The van der Waals surface area contributed by atoms with E-state index < -0.39 is 11.6 Å². The highest BCUT2D eigenvalue weighted by Crippen LogP contribution is 2.27. The summed E-state index contributed by atoms with van der Waals surface area (Å²) in [4.78, 5) is 19.6. The number of hydrogen-bond acceptors (Lipinski definition) is 5. The Morgan fingerprint density at radius 2 is 2.00 bits per heavy atom. The fraction of sp³-hybridized carbons (Fsp3) is 0.368. The zero-order chi connectivity index (χ0) is 19.0. The molecule has 1 aromatic carbocycles. The van der Waals surface area contributed by atoms with Crippen LogP contribution in [0.2, 0.25) is 0 Å². The third kappa shape index (κ3) is 3.38. The van der Waals surface area contributed by atoms with Crippen molar-refractivity contribution < 1.29 is 9.90 Å². The number of carbonyl (C=O) groups is 1. The molecule has 0 radical (unpaired) electrons. The van der Waals surface area contributed by atoms with Crippen LogP contribution in [0.25, 0.3) is 11.0 Å². The van der Waals surface area contributed by atoms with Crippen molar-refractivity contribution in [1.29, 1.82) is 0 Å². The molecule has 1 amide bonds. The Morgan fingerprint density at radius 3 is 2.70 bits per heavy atom. The van der Waals surface area contributed by atoms with Crippen molar-refractivity contribution in [3.05, 3.63) is 53.1 Å². The molecule has 0 spiro atoms. The average Bonchev–Trinajstić information content (AvgIpc) is 3.14. The van der Waals surface area contributed by atoms with E-state index in [-0.39, 0.29) is 5.91 Å². The number of benzene rings is 1. The van der Waals surface area contributed by atoms with Crippen molar-refractivity contribution in [2.24, 2.45) is 0 Å². The first-order valence-electron chi connectivity index (χ1n) is 8.93. The Labute approximate surface area is 161 Å². The zero-order valence-electron chi connectivity index (χ0n) is 15.0. The Balaban J connectivity index is 1.77. The maximum atomic E-state index is 13.5. The molecular weight excluding hydrogens is 362 g/mol. The van der Waals surface area contributed by atoms with Crippen LogP contribution in [0.3, 0.4) is 0 Å². The summed E-state index contributed by atoms with van der Waals surface area (Å²) in [6.07, 6.45) is 4.35. The number of nitrogens with zero attached hydrogens (tertiary/aromatic N) is 4. The Morgan fingerprint density at radius 1 is 1.30 bits per heavy atom. The highest BCUT2D eigenvalue weighted by atomic mass is 32.1. The van der Waals surface area contributed by atoms with E-state index in [0.29, 0.717) is 41.6 Å². The number of aromatic nitrogens is 4. The van der Waals surface area contributed by atoms with Crippen molar-refractivity contribution in [3.63, 3.8) is 0 Å². The molecule has 1 saturated heterocycles. The lowest BCUT2D eigenvalue weighted by atomic mass is 9.93. The van der Waals surface area contributed by atoms with Crippen LogP contribution in [0.1, 0.15) is 31.4 Å². The fourth-order valence-electron chi connectivity index (χ4n) is 3.47. The molecule has 140 valence electrons. The minimum Gasteiger partial charge on any atom is -0.390 e. The van der Waals surface area contributed by atoms with E-state index in [1.807, 2.05) is 37.3 Å². The number of rotatable bonds is 3. The minimum atomic E-state index is -0.716. The van der Waals surface area contributed by atoms with E-state index in [1.165, 1.54) is 0 Å². The number of fused-ring (bicyclic) bond motifs is 1. The van der Waals surface area contributed by atoms with Crippen LogP contribution in [0, 0.1) is 4.64 Å². The molecule has 0 bridgehead atoms. The van der Waals surface area contributed by atoms with Gasteiger partial charge in [-0.1, -0.05) is 42.5 Å². The molecule has 1 aliphatic heterocycles. The Kier molecular flexibility index (Phi) is 4.53. The highest BCUT2D eigenvalue weighted by Gasteiger charge is 2.34. The Hall–Kier alpha value is -2.58. The number of piperidine rings is 1. The quantitative estimate of drug-likeness (QED) is 0.679. The largest absolute Gasteiger partial charge is 0.390 e. The van der Waals surface area contributed by atoms with Crippen LogP contribution in [0.15, 0.2) is 42.9 Å². The van der Waals surface area contributed by atoms with E-state index in [0.717, 1.165) is 5.56 Å². The van der Waals surface area contributed by atoms with E-state index >= 15 is 0 Å². The molecule has 1 fully saturated rings.